The van der Waals surface area contributed by atoms with Gasteiger partial charge in [0.05, 0.1) is 50.9 Å². The Morgan fingerprint density at radius 3 is 0.829 bits per heavy atom. The Balaban J connectivity index is 0.000000754. The fourth-order valence-electron chi connectivity index (χ4n) is 5.72. The topological polar surface area (TPSA) is 159 Å². The molecule has 0 aliphatic heterocycles. The number of esters is 3. The van der Waals surface area contributed by atoms with Crippen LogP contribution in [0, 0.1) is 0 Å². The Hall–Kier alpha value is -6.09. The van der Waals surface area contributed by atoms with Crippen LogP contribution >= 0.6 is 15.6 Å². The van der Waals surface area contributed by atoms with Gasteiger partial charge in [-0.1, -0.05) is 18.2 Å². The zero-order valence-corrected chi connectivity index (χ0v) is 39.9. The van der Waals surface area contributed by atoms with Crippen LogP contribution in [0.25, 0.3) is 34.2 Å². The predicted octanol–water partition coefficient (Wildman–Crippen LogP) is 13.2. The van der Waals surface area contributed by atoms with Crippen LogP contribution in [0.1, 0.15) is 51.8 Å². The summed E-state index contributed by atoms with van der Waals surface area (Å²) in [5.74, 6) is -1.64. The monoisotopic (exact) mass is 1130 g/mol. The average Bonchev–Trinajstić information content (AvgIpc) is 3.25. The molecule has 0 unspecified atom stereocenters. The van der Waals surface area contributed by atoms with Gasteiger partial charge in [0.25, 0.3) is 0 Å². The molecule has 6 aromatic heterocycles. The van der Waals surface area contributed by atoms with Crippen LogP contribution in [0.3, 0.4) is 0 Å². The fraction of sp³-hybridized carbons (Fsp3) is 0.214. The van der Waals surface area contributed by atoms with Crippen molar-refractivity contribution >= 4 is 33.5 Å². The van der Waals surface area contributed by atoms with E-state index in [9.17, 15) is 64.7 Å². The summed E-state index contributed by atoms with van der Waals surface area (Å²) < 4.78 is 136. The molecule has 13 nitrogen and oxygen atoms in total. The molecular formula is C42H39F12N7O6P2Ru. The molecule has 0 aliphatic carbocycles. The number of hydrogen-bond acceptors (Lipinski definition) is 13. The van der Waals surface area contributed by atoms with Gasteiger partial charge in [-0.05, 0) is 93.6 Å². The van der Waals surface area contributed by atoms with E-state index >= 15 is 0 Å². The summed E-state index contributed by atoms with van der Waals surface area (Å²) >= 11 is 0. The molecule has 6 rings (SSSR count). The van der Waals surface area contributed by atoms with Gasteiger partial charge < -0.3 is 14.2 Å². The van der Waals surface area contributed by atoms with E-state index in [0.717, 1.165) is 0 Å². The molecule has 0 bridgehead atoms. The van der Waals surface area contributed by atoms with E-state index in [-0.39, 0.29) is 55.8 Å². The first-order valence-corrected chi connectivity index (χ1v) is 23.8. The molecule has 0 saturated heterocycles. The van der Waals surface area contributed by atoms with Gasteiger partial charge in [-0.3, -0.25) is 34.8 Å². The molecule has 0 fully saturated rings. The quantitative estimate of drug-likeness (QED) is 0.0315. The van der Waals surface area contributed by atoms with E-state index < -0.39 is 51.8 Å². The van der Waals surface area contributed by atoms with Crippen molar-refractivity contribution in [1.29, 1.82) is 0 Å². The predicted molar refractivity (Wildman–Crippen MR) is 231 cm³/mol. The van der Waals surface area contributed by atoms with Crippen LogP contribution in [0.15, 0.2) is 128 Å². The first-order valence-electron chi connectivity index (χ1n) is 19.7. The number of hydrogen-bond donors (Lipinski definition) is 0. The van der Waals surface area contributed by atoms with Gasteiger partial charge in [0.2, 0.25) is 0 Å². The van der Waals surface area contributed by atoms with Crippen molar-refractivity contribution in [3.63, 3.8) is 0 Å². The maximum absolute atomic E-state index is 13.1. The van der Waals surface area contributed by atoms with E-state index in [0.29, 0.717) is 34.2 Å². The average molecular weight is 1130 g/mol. The molecule has 380 valence electrons. The number of carbonyl (C=O) groups is 3. The molecule has 0 N–H and O–H groups in total. The van der Waals surface area contributed by atoms with Gasteiger partial charge in [-0.2, -0.15) is 0 Å². The Kier molecular flexibility index (Phi) is 18.2. The van der Waals surface area contributed by atoms with Crippen molar-refractivity contribution in [3.8, 4) is 34.2 Å². The maximum atomic E-state index is 13.1. The minimum absolute atomic E-state index is 0. The van der Waals surface area contributed by atoms with Gasteiger partial charge in [-0.15, -0.1) is 0 Å². The van der Waals surface area contributed by atoms with Gasteiger partial charge in [-0.25, -0.2) is 14.4 Å². The van der Waals surface area contributed by atoms with Crippen LogP contribution < -0.4 is 0 Å². The third kappa shape index (κ3) is 25.0. The molecule has 28 heteroatoms. The van der Waals surface area contributed by atoms with Crippen LogP contribution in [0.2, 0.25) is 0 Å². The summed E-state index contributed by atoms with van der Waals surface area (Å²) in [6.45, 7) is 6.02. The number of rotatable bonds is 15. The van der Waals surface area contributed by atoms with Crippen molar-refractivity contribution in [1.82, 2.24) is 34.8 Å². The van der Waals surface area contributed by atoms with Crippen LogP contribution in [0.5, 0.6) is 0 Å². The number of halogens is 12. The Morgan fingerprint density at radius 1 is 0.414 bits per heavy atom. The van der Waals surface area contributed by atoms with Gasteiger partial charge in [0.15, 0.2) is 0 Å². The largest absolute Gasteiger partial charge is 2.00 e. The van der Waals surface area contributed by atoms with Crippen molar-refractivity contribution in [3.05, 3.63) is 145 Å². The first kappa shape index (κ1) is 58.2. The zero-order valence-electron chi connectivity index (χ0n) is 36.3. The van der Waals surface area contributed by atoms with Crippen LogP contribution in [-0.4, -0.2) is 90.7 Å². The number of carbonyl (C=O) groups excluding carboxylic acids is 3. The smallest absolute Gasteiger partial charge is 2.00 e. The summed E-state index contributed by atoms with van der Waals surface area (Å²) in [5.41, 5.74) is 4.80. The second-order valence-electron chi connectivity index (χ2n) is 14.7. The van der Waals surface area contributed by atoms with Crippen molar-refractivity contribution in [2.24, 2.45) is 0 Å². The second kappa shape index (κ2) is 21.9. The molecule has 6 aromatic rings. The molecule has 0 aliphatic rings. The van der Waals surface area contributed by atoms with Crippen LogP contribution in [-0.2, 0) is 33.7 Å². The standard InChI is InChI=1S/C42H39N7O6.2F6P.Ru/c1-28(53-40(50)31-13-16-37(46-22-31)34-10-4-7-19-43-34)25-49(26-29(2)54-41(51)32-14-17-38(47-23-32)35-11-5-8-20-44-35)27-30(3)55-42(52)33-15-18-39(48-24-33)36-12-6-9-21-45-36;2*1-7(2,3,4,5)6;/h4-24,28-30H,25-27H2,1-3H3;;;/q;2*-1;+2/t28-,29-,30-;;;/m0.../s1. The van der Waals surface area contributed by atoms with Gasteiger partial charge >= 0.3 is 103 Å². The zero-order chi connectivity index (χ0) is 51.4. The van der Waals surface area contributed by atoms with Gasteiger partial charge in [0.1, 0.15) is 18.3 Å². The molecule has 3 atom stereocenters. The van der Waals surface area contributed by atoms with E-state index in [1.807, 2.05) is 59.5 Å². The van der Waals surface area contributed by atoms with Crippen molar-refractivity contribution < 1.29 is 98.4 Å². The summed E-state index contributed by atoms with van der Waals surface area (Å²) in [6.07, 6.45) is 7.59. The number of aromatic nitrogens is 6. The Labute approximate surface area is 403 Å². The molecule has 0 amide bonds. The minimum atomic E-state index is -10.7. The van der Waals surface area contributed by atoms with Crippen molar-refractivity contribution in [2.75, 3.05) is 19.6 Å². The Morgan fingerprint density at radius 2 is 0.643 bits per heavy atom. The number of ether oxygens (including phenoxy) is 3. The number of nitrogens with zero attached hydrogens (tertiary/aromatic N) is 7. The summed E-state index contributed by atoms with van der Waals surface area (Å²) in [7, 11) is -21.3. The molecule has 0 radical (unpaired) electrons. The molecule has 70 heavy (non-hydrogen) atoms. The molecule has 0 spiro atoms. The summed E-state index contributed by atoms with van der Waals surface area (Å²) in [4.78, 5) is 67.3. The van der Waals surface area contributed by atoms with Gasteiger partial charge in [0, 0.05) is 56.8 Å². The normalized spacial score (nSPS) is 14.6. The summed E-state index contributed by atoms with van der Waals surface area (Å²) in [6, 6.07) is 26.6. The summed E-state index contributed by atoms with van der Waals surface area (Å²) in [5, 5.41) is 0. The van der Waals surface area contributed by atoms with E-state index in [1.54, 1.807) is 75.8 Å². The van der Waals surface area contributed by atoms with E-state index in [1.165, 1.54) is 18.6 Å². The Bertz CT molecular complexity index is 2360. The van der Waals surface area contributed by atoms with Crippen molar-refractivity contribution in [2.45, 2.75) is 39.1 Å². The molecule has 0 aromatic carbocycles. The van der Waals surface area contributed by atoms with Crippen LogP contribution in [0.4, 0.5) is 50.4 Å². The van der Waals surface area contributed by atoms with E-state index in [2.05, 4.69) is 29.9 Å². The third-order valence-electron chi connectivity index (χ3n) is 8.25. The first-order chi connectivity index (χ1) is 31.6. The fourth-order valence-corrected chi connectivity index (χ4v) is 5.72. The maximum Gasteiger partial charge on any atom is 2.00 e. The second-order valence-corrected chi connectivity index (χ2v) is 18.6. The third-order valence-corrected chi connectivity index (χ3v) is 8.25. The minimum Gasteiger partial charge on any atom is 2.00 e. The number of pyridine rings is 6. The van der Waals surface area contributed by atoms with E-state index in [4.69, 9.17) is 14.2 Å². The molecular weight excluding hydrogens is 1090 g/mol. The molecule has 0 saturated carbocycles. The molecule has 6 heterocycles. The SMILES string of the molecule is C[C@@H](CN(C[C@H](C)OC(=O)c1ccc(-c2ccccn2)nc1)C[C@H](C)OC(=O)c1ccc(-c2ccccn2)nc1)OC(=O)c1ccc(-c2ccccn2)nc1.F[P-](F)(F)(F)(F)F.F[P-](F)(F)(F)(F)F.[Ru+2].